The number of rotatable bonds is 12. The Morgan fingerprint density at radius 3 is 2.31 bits per heavy atom. The Hall–Kier alpha value is -4.68. The third-order valence-corrected chi connectivity index (χ3v) is 9.10. The lowest BCUT2D eigenvalue weighted by Crippen LogP contribution is -2.40. The highest BCUT2D eigenvalue weighted by atomic mass is 79.9. The van der Waals surface area contributed by atoms with Crippen molar-refractivity contribution >= 4 is 45.3 Å². The Labute approximate surface area is 296 Å². The van der Waals surface area contributed by atoms with Gasteiger partial charge in [0.05, 0.1) is 58.3 Å². The number of nitrogens with zero attached hydrogens (tertiary/aromatic N) is 2. The molecular weight excluding hydrogens is 712 g/mol. The molecule has 0 aliphatic carbocycles. The van der Waals surface area contributed by atoms with Crippen molar-refractivity contribution in [3.05, 3.63) is 118 Å². The summed E-state index contributed by atoms with van der Waals surface area (Å²) in [6.07, 6.45) is 1.71. The molecule has 0 saturated carbocycles. The van der Waals surface area contributed by atoms with Gasteiger partial charge in [-0.25, -0.2) is 14.6 Å². The minimum atomic E-state index is -0.798. The zero-order valence-corrected chi connectivity index (χ0v) is 30.5. The number of ether oxygens (including phenoxy) is 5. The normalized spacial score (nSPS) is 14.3. The summed E-state index contributed by atoms with van der Waals surface area (Å²) in [7, 11) is 1.55. The van der Waals surface area contributed by atoms with Gasteiger partial charge in [-0.05, 0) is 110 Å². The largest absolute Gasteiger partial charge is 0.493 e. The van der Waals surface area contributed by atoms with Crippen molar-refractivity contribution in [3.8, 4) is 17.2 Å². The number of hydrogen-bond acceptors (Lipinski definition) is 10. The van der Waals surface area contributed by atoms with Gasteiger partial charge in [-0.1, -0.05) is 35.6 Å². The van der Waals surface area contributed by atoms with Crippen molar-refractivity contribution in [1.82, 2.24) is 4.57 Å². The van der Waals surface area contributed by atoms with E-state index < -0.39 is 12.0 Å². The molecular formula is C37H37BrN2O8S. The Bertz CT molecular complexity index is 2080. The highest BCUT2D eigenvalue weighted by Crippen LogP contribution is 2.36. The average Bonchev–Trinajstić information content (AvgIpc) is 3.37. The highest BCUT2D eigenvalue weighted by Gasteiger charge is 2.34. The first-order chi connectivity index (χ1) is 23.5. The van der Waals surface area contributed by atoms with Crippen molar-refractivity contribution in [3.63, 3.8) is 0 Å². The fourth-order valence-corrected chi connectivity index (χ4v) is 6.86. The molecule has 1 aliphatic rings. The lowest BCUT2D eigenvalue weighted by Gasteiger charge is -2.25. The fraction of sp³-hybridized carbons (Fsp3) is 0.297. The van der Waals surface area contributed by atoms with Gasteiger partial charge in [0.25, 0.3) is 5.56 Å². The molecule has 0 amide bonds. The molecule has 12 heteroatoms. The van der Waals surface area contributed by atoms with Crippen molar-refractivity contribution in [2.45, 2.75) is 53.4 Å². The van der Waals surface area contributed by atoms with Gasteiger partial charge >= 0.3 is 11.9 Å². The van der Waals surface area contributed by atoms with E-state index in [-0.39, 0.29) is 36.4 Å². The first-order valence-corrected chi connectivity index (χ1v) is 17.4. The maximum absolute atomic E-state index is 14.1. The number of carbonyl (C=O) groups excluding carboxylic acids is 2. The number of fused-ring (bicyclic) bond motifs is 1. The molecule has 0 radical (unpaired) electrons. The van der Waals surface area contributed by atoms with Crippen LogP contribution in [0.3, 0.4) is 0 Å². The van der Waals surface area contributed by atoms with E-state index in [2.05, 4.69) is 20.9 Å². The lowest BCUT2D eigenvalue weighted by molar-refractivity contribution is -0.139. The number of carbonyl (C=O) groups is 2. The van der Waals surface area contributed by atoms with Crippen LogP contribution in [-0.2, 0) is 20.9 Å². The zero-order chi connectivity index (χ0) is 35.2. The number of thiazole rings is 1. The molecule has 49 heavy (non-hydrogen) atoms. The summed E-state index contributed by atoms with van der Waals surface area (Å²) >= 11 is 4.83. The van der Waals surface area contributed by atoms with Crippen molar-refractivity contribution in [2.24, 2.45) is 4.99 Å². The average molecular weight is 750 g/mol. The molecule has 1 aromatic heterocycles. The number of benzene rings is 3. The van der Waals surface area contributed by atoms with E-state index in [1.807, 2.05) is 50.2 Å². The van der Waals surface area contributed by atoms with E-state index in [1.165, 1.54) is 15.9 Å². The van der Waals surface area contributed by atoms with Crippen LogP contribution in [0.4, 0.5) is 0 Å². The predicted molar refractivity (Wildman–Crippen MR) is 190 cm³/mol. The van der Waals surface area contributed by atoms with Gasteiger partial charge in [0, 0.05) is 0 Å². The molecule has 0 bridgehead atoms. The molecule has 10 nitrogen and oxygen atoms in total. The SMILES string of the molecule is CCOC(=O)C1=C(C)N=c2s/c(=C/c3ccc(OCc4ccc(C(=O)OCC)cc4)c(Br)c3)c(=O)n2[C@@H]1c1ccc(OC(C)C)c(OC)c1. The van der Waals surface area contributed by atoms with Gasteiger partial charge in [0.2, 0.25) is 0 Å². The summed E-state index contributed by atoms with van der Waals surface area (Å²) in [5.41, 5.74) is 3.23. The lowest BCUT2D eigenvalue weighted by atomic mass is 9.95. The fourth-order valence-electron chi connectivity index (χ4n) is 5.30. The van der Waals surface area contributed by atoms with Crippen LogP contribution in [0.1, 0.15) is 67.7 Å². The van der Waals surface area contributed by atoms with Gasteiger partial charge in [-0.15, -0.1) is 0 Å². The number of esters is 2. The Morgan fingerprint density at radius 1 is 0.959 bits per heavy atom. The molecule has 5 rings (SSSR count). The quantitative estimate of drug-likeness (QED) is 0.160. The van der Waals surface area contributed by atoms with E-state index in [0.29, 0.717) is 54.5 Å². The second kappa shape index (κ2) is 15.7. The van der Waals surface area contributed by atoms with Crippen molar-refractivity contribution < 1.29 is 33.3 Å². The Balaban J connectivity index is 1.47. The van der Waals surface area contributed by atoms with Crippen molar-refractivity contribution in [2.75, 3.05) is 20.3 Å². The number of halogens is 1. The van der Waals surface area contributed by atoms with Crippen LogP contribution in [0, 0.1) is 0 Å². The molecule has 256 valence electrons. The first kappa shape index (κ1) is 35.6. The van der Waals surface area contributed by atoms with Gasteiger partial charge in [0.1, 0.15) is 12.4 Å². The molecule has 4 aromatic rings. The van der Waals surface area contributed by atoms with E-state index in [1.54, 1.807) is 58.2 Å². The second-order valence-electron chi connectivity index (χ2n) is 11.3. The molecule has 0 saturated heterocycles. The zero-order valence-electron chi connectivity index (χ0n) is 28.1. The number of allylic oxidation sites excluding steroid dienone is 1. The maximum atomic E-state index is 14.1. The molecule has 1 aliphatic heterocycles. The standard InChI is InChI=1S/C37H37BrN2O8S/c1-7-45-35(42)25-12-9-23(10-13-25)20-47-28-15-11-24(17-27(28)38)18-31-34(41)40-33(26-14-16-29(48-21(3)4)30(19-26)44-6)32(36(43)46-8-2)22(5)39-37(40)49-31/h9-19,21,33H,7-8,20H2,1-6H3/b31-18+/t33-/m1/s1. The monoisotopic (exact) mass is 748 g/mol. The Kier molecular flexibility index (Phi) is 11.4. The van der Waals surface area contributed by atoms with Crippen LogP contribution in [-0.4, -0.2) is 42.9 Å². The van der Waals surface area contributed by atoms with E-state index in [9.17, 15) is 14.4 Å². The molecule has 0 fully saturated rings. The summed E-state index contributed by atoms with van der Waals surface area (Å²) in [4.78, 5) is 44.5. The van der Waals surface area contributed by atoms with Crippen LogP contribution in [0.15, 0.2) is 86.2 Å². The molecule has 2 heterocycles. The number of aromatic nitrogens is 1. The molecule has 0 unspecified atom stereocenters. The van der Waals surface area contributed by atoms with Crippen LogP contribution < -0.4 is 29.1 Å². The predicted octanol–water partition coefficient (Wildman–Crippen LogP) is 6.11. The van der Waals surface area contributed by atoms with E-state index in [4.69, 9.17) is 23.7 Å². The first-order valence-electron chi connectivity index (χ1n) is 15.8. The van der Waals surface area contributed by atoms with Crippen LogP contribution in [0.5, 0.6) is 17.2 Å². The minimum absolute atomic E-state index is 0.0770. The molecule has 1 atom stereocenters. The molecule has 0 spiro atoms. The van der Waals surface area contributed by atoms with Gasteiger partial charge < -0.3 is 23.7 Å². The number of methoxy groups -OCH3 is 1. The summed E-state index contributed by atoms with van der Waals surface area (Å²) in [6, 6.07) is 17.2. The van der Waals surface area contributed by atoms with Crippen LogP contribution >= 0.6 is 27.3 Å². The summed E-state index contributed by atoms with van der Waals surface area (Å²) < 4.78 is 30.7. The summed E-state index contributed by atoms with van der Waals surface area (Å²) in [5, 5.41) is 0. The van der Waals surface area contributed by atoms with Gasteiger partial charge in [-0.2, -0.15) is 0 Å². The van der Waals surface area contributed by atoms with E-state index >= 15 is 0 Å². The number of hydrogen-bond donors (Lipinski definition) is 0. The minimum Gasteiger partial charge on any atom is -0.493 e. The van der Waals surface area contributed by atoms with E-state index in [0.717, 1.165) is 11.1 Å². The highest BCUT2D eigenvalue weighted by molar-refractivity contribution is 9.10. The third kappa shape index (κ3) is 7.97. The maximum Gasteiger partial charge on any atom is 0.338 e. The van der Waals surface area contributed by atoms with Crippen molar-refractivity contribution in [1.29, 1.82) is 0 Å². The van der Waals surface area contributed by atoms with Crippen LogP contribution in [0.2, 0.25) is 0 Å². The third-order valence-electron chi connectivity index (χ3n) is 7.50. The Morgan fingerprint density at radius 2 is 1.65 bits per heavy atom. The smallest absolute Gasteiger partial charge is 0.338 e. The van der Waals surface area contributed by atoms with Gasteiger partial charge in [0.15, 0.2) is 16.3 Å². The molecule has 3 aromatic carbocycles. The molecule has 0 N–H and O–H groups in total. The topological polar surface area (TPSA) is 115 Å². The second-order valence-corrected chi connectivity index (χ2v) is 13.1. The van der Waals surface area contributed by atoms with Crippen LogP contribution in [0.25, 0.3) is 6.08 Å². The summed E-state index contributed by atoms with van der Waals surface area (Å²) in [5.74, 6) is 0.737. The summed E-state index contributed by atoms with van der Waals surface area (Å²) in [6.45, 7) is 9.87. The van der Waals surface area contributed by atoms with Gasteiger partial charge in [-0.3, -0.25) is 9.36 Å².